The van der Waals surface area contributed by atoms with Crippen molar-refractivity contribution in [2.45, 2.75) is 37.3 Å². The highest BCUT2D eigenvalue weighted by atomic mass is 32.2. The van der Waals surface area contributed by atoms with Crippen molar-refractivity contribution in [1.82, 2.24) is 19.9 Å². The molecular weight excluding hydrogens is 448 g/mol. The average Bonchev–Trinajstić information content (AvgIpc) is 2.87. The van der Waals surface area contributed by atoms with Gasteiger partial charge >= 0.3 is 5.97 Å². The van der Waals surface area contributed by atoms with E-state index in [2.05, 4.69) is 25.9 Å². The topological polar surface area (TPSA) is 88.4 Å². The lowest BCUT2D eigenvalue weighted by atomic mass is 9.81. The number of rotatable bonds is 11. The van der Waals surface area contributed by atoms with Crippen LogP contribution in [0.25, 0.3) is 10.9 Å². The lowest BCUT2D eigenvalue weighted by molar-refractivity contribution is -0.146. The number of fused-ring (bicyclic) bond motifs is 1. The molecule has 2 aromatic heterocycles. The second-order valence-electron chi connectivity index (χ2n) is 8.77. The number of pyridine rings is 1. The summed E-state index contributed by atoms with van der Waals surface area (Å²) in [5.41, 5.74) is 2.21. The number of likely N-dealkylation sites (tertiary alicyclic amines) is 1. The first-order valence-corrected chi connectivity index (χ1v) is 12.9. The fraction of sp³-hybridized carbons (Fsp3) is 0.462. The molecule has 1 saturated heterocycles. The molecule has 3 aromatic rings. The van der Waals surface area contributed by atoms with Crippen LogP contribution < -0.4 is 4.74 Å². The third-order valence-electron chi connectivity index (χ3n) is 6.61. The molecule has 0 unspecified atom stereocenters. The summed E-state index contributed by atoms with van der Waals surface area (Å²) in [5, 5.41) is 11.8. The van der Waals surface area contributed by atoms with Crippen LogP contribution in [0.5, 0.6) is 5.75 Å². The van der Waals surface area contributed by atoms with Crippen molar-refractivity contribution in [3.63, 3.8) is 0 Å². The number of ether oxygens (including phenoxy) is 1. The van der Waals surface area contributed by atoms with E-state index in [9.17, 15) is 9.90 Å². The molecule has 0 saturated carbocycles. The van der Waals surface area contributed by atoms with Crippen LogP contribution in [0.2, 0.25) is 0 Å². The van der Waals surface area contributed by atoms with E-state index in [0.29, 0.717) is 6.54 Å². The highest BCUT2D eigenvalue weighted by Gasteiger charge is 2.33. The third-order valence-corrected chi connectivity index (χ3v) is 7.57. The number of thioether (sulfide) groups is 1. The second-order valence-corrected chi connectivity index (χ2v) is 9.83. The molecule has 1 aliphatic heterocycles. The Labute approximate surface area is 205 Å². The van der Waals surface area contributed by atoms with Gasteiger partial charge in [-0.1, -0.05) is 11.8 Å². The molecule has 2 atom stereocenters. The molecule has 0 aliphatic carbocycles. The van der Waals surface area contributed by atoms with Gasteiger partial charge in [0.05, 0.1) is 18.5 Å². The number of methoxy groups -OCH3 is 1. The van der Waals surface area contributed by atoms with E-state index in [4.69, 9.17) is 4.74 Å². The Morgan fingerprint density at radius 2 is 2.03 bits per heavy atom. The van der Waals surface area contributed by atoms with Gasteiger partial charge in [0.1, 0.15) is 5.75 Å². The molecule has 1 N–H and O–H groups in total. The standard InChI is InChI=1S/C26H32N4O3S/c1-33-21-7-8-24-22(17-21)19(9-13-27-24)5-2-6-20-10-15-30(18-23(20)25(31)32)14-4-16-34-26-28-11-3-12-29-26/h3,7-9,11-13,17,20,23H,2,4-6,10,14-16,18H2,1H3,(H,31,32)/t20-,23+/m1/s1. The molecule has 0 radical (unpaired) electrons. The number of aliphatic carboxylic acids is 1. The maximum absolute atomic E-state index is 12.0. The van der Waals surface area contributed by atoms with Gasteiger partial charge in [-0.05, 0) is 87.0 Å². The molecule has 7 nitrogen and oxygen atoms in total. The Bertz CT molecular complexity index is 1080. The first kappa shape index (κ1) is 24.4. The number of benzene rings is 1. The predicted octanol–water partition coefficient (Wildman–Crippen LogP) is 4.56. The second kappa shape index (κ2) is 12.1. The molecule has 3 heterocycles. The van der Waals surface area contributed by atoms with E-state index in [1.165, 1.54) is 5.56 Å². The van der Waals surface area contributed by atoms with Crippen molar-refractivity contribution in [2.75, 3.05) is 32.5 Å². The zero-order valence-electron chi connectivity index (χ0n) is 19.6. The van der Waals surface area contributed by atoms with E-state index in [-0.39, 0.29) is 11.8 Å². The summed E-state index contributed by atoms with van der Waals surface area (Å²) in [6.07, 6.45) is 10.1. The number of carboxylic acids is 1. The molecule has 1 fully saturated rings. The van der Waals surface area contributed by atoms with Crippen LogP contribution in [-0.4, -0.2) is 63.4 Å². The fourth-order valence-electron chi connectivity index (χ4n) is 4.79. The molecular formula is C26H32N4O3S. The van der Waals surface area contributed by atoms with E-state index >= 15 is 0 Å². The van der Waals surface area contributed by atoms with Gasteiger partial charge in [0, 0.05) is 36.3 Å². The van der Waals surface area contributed by atoms with Gasteiger partial charge in [-0.3, -0.25) is 9.78 Å². The summed E-state index contributed by atoms with van der Waals surface area (Å²) < 4.78 is 5.38. The lowest BCUT2D eigenvalue weighted by Gasteiger charge is -2.36. The SMILES string of the molecule is COc1ccc2nccc(CCC[C@@H]3CCN(CCCSc4ncccn4)C[C@@H]3C(=O)O)c2c1. The molecule has 1 aliphatic rings. The van der Waals surface area contributed by atoms with Gasteiger partial charge in [0.15, 0.2) is 5.16 Å². The smallest absolute Gasteiger partial charge is 0.308 e. The van der Waals surface area contributed by atoms with E-state index < -0.39 is 5.97 Å². The first-order chi connectivity index (χ1) is 16.6. The van der Waals surface area contributed by atoms with Crippen molar-refractivity contribution >= 4 is 28.6 Å². The Hall–Kier alpha value is -2.71. The van der Waals surface area contributed by atoms with Crippen LogP contribution in [0.3, 0.4) is 0 Å². The predicted molar refractivity (Wildman–Crippen MR) is 134 cm³/mol. The maximum atomic E-state index is 12.0. The van der Waals surface area contributed by atoms with Gasteiger partial charge in [-0.15, -0.1) is 0 Å². The van der Waals surface area contributed by atoms with Crippen molar-refractivity contribution in [3.8, 4) is 5.75 Å². The largest absolute Gasteiger partial charge is 0.497 e. The third kappa shape index (κ3) is 6.45. The minimum absolute atomic E-state index is 0.225. The number of piperidine rings is 1. The Morgan fingerprint density at radius 3 is 2.82 bits per heavy atom. The van der Waals surface area contributed by atoms with E-state index in [1.54, 1.807) is 31.3 Å². The van der Waals surface area contributed by atoms with Crippen molar-refractivity contribution in [1.29, 1.82) is 0 Å². The highest BCUT2D eigenvalue weighted by Crippen LogP contribution is 2.30. The molecule has 8 heteroatoms. The number of aromatic nitrogens is 3. The molecule has 0 amide bonds. The van der Waals surface area contributed by atoms with Crippen LogP contribution in [-0.2, 0) is 11.2 Å². The van der Waals surface area contributed by atoms with Crippen LogP contribution in [0.15, 0.2) is 54.1 Å². The fourth-order valence-corrected chi connectivity index (χ4v) is 5.52. The summed E-state index contributed by atoms with van der Waals surface area (Å²) in [7, 11) is 1.67. The van der Waals surface area contributed by atoms with Crippen molar-refractivity contribution in [2.24, 2.45) is 11.8 Å². The molecule has 1 aromatic carbocycles. The minimum Gasteiger partial charge on any atom is -0.497 e. The normalized spacial score (nSPS) is 18.7. The quantitative estimate of drug-likeness (QED) is 0.243. The first-order valence-electron chi connectivity index (χ1n) is 11.9. The summed E-state index contributed by atoms with van der Waals surface area (Å²) >= 11 is 1.65. The molecule has 34 heavy (non-hydrogen) atoms. The zero-order chi connectivity index (χ0) is 23.8. The number of hydrogen-bond donors (Lipinski definition) is 1. The Kier molecular flexibility index (Phi) is 8.71. The van der Waals surface area contributed by atoms with Gasteiger partial charge in [0.2, 0.25) is 0 Å². The van der Waals surface area contributed by atoms with Crippen LogP contribution in [0.4, 0.5) is 0 Å². The molecule has 4 rings (SSSR count). The van der Waals surface area contributed by atoms with Crippen LogP contribution in [0, 0.1) is 11.8 Å². The summed E-state index contributed by atoms with van der Waals surface area (Å²) in [6.45, 7) is 2.53. The number of carboxylic acid groups (broad SMARTS) is 1. The van der Waals surface area contributed by atoms with Gasteiger partial charge in [0.25, 0.3) is 0 Å². The van der Waals surface area contributed by atoms with Gasteiger partial charge in [-0.25, -0.2) is 9.97 Å². The number of aryl methyl sites for hydroxylation is 1. The van der Waals surface area contributed by atoms with E-state index in [0.717, 1.165) is 72.8 Å². The molecule has 180 valence electrons. The summed E-state index contributed by atoms with van der Waals surface area (Å²) in [4.78, 5) is 27.3. The number of nitrogens with zero attached hydrogens (tertiary/aromatic N) is 4. The van der Waals surface area contributed by atoms with Gasteiger partial charge in [-0.2, -0.15) is 0 Å². The van der Waals surface area contributed by atoms with Crippen molar-refractivity contribution in [3.05, 3.63) is 54.5 Å². The maximum Gasteiger partial charge on any atom is 0.308 e. The van der Waals surface area contributed by atoms with Crippen LogP contribution in [0.1, 0.15) is 31.2 Å². The zero-order valence-corrected chi connectivity index (χ0v) is 20.4. The van der Waals surface area contributed by atoms with E-state index in [1.807, 2.05) is 30.5 Å². The molecule has 0 spiro atoms. The Morgan fingerprint density at radius 1 is 1.18 bits per heavy atom. The average molecular weight is 481 g/mol. The summed E-state index contributed by atoms with van der Waals surface area (Å²) in [6, 6.07) is 9.84. The number of hydrogen-bond acceptors (Lipinski definition) is 7. The summed E-state index contributed by atoms with van der Waals surface area (Å²) in [5.74, 6) is 1.03. The van der Waals surface area contributed by atoms with Crippen molar-refractivity contribution < 1.29 is 14.6 Å². The lowest BCUT2D eigenvalue weighted by Crippen LogP contribution is -2.44. The minimum atomic E-state index is -0.666. The Balaban J connectivity index is 1.26. The molecule has 0 bridgehead atoms. The highest BCUT2D eigenvalue weighted by molar-refractivity contribution is 7.99. The number of carbonyl (C=O) groups is 1. The monoisotopic (exact) mass is 480 g/mol. The van der Waals surface area contributed by atoms with Gasteiger partial charge < -0.3 is 14.7 Å². The van der Waals surface area contributed by atoms with Crippen LogP contribution >= 0.6 is 11.8 Å².